The predicted octanol–water partition coefficient (Wildman–Crippen LogP) is 5.81. The summed E-state index contributed by atoms with van der Waals surface area (Å²) in [5.41, 5.74) is 8.90. The van der Waals surface area contributed by atoms with Gasteiger partial charge in [0.2, 0.25) is 0 Å². The van der Waals surface area contributed by atoms with E-state index >= 15 is 0 Å². The number of aromatic nitrogens is 2. The van der Waals surface area contributed by atoms with Crippen molar-refractivity contribution < 1.29 is 14.3 Å². The molecular weight excluding hydrogens is 426 g/mol. The van der Waals surface area contributed by atoms with Gasteiger partial charge in [0.25, 0.3) is 0 Å². The fourth-order valence-corrected chi connectivity index (χ4v) is 4.73. The number of benzene rings is 3. The number of ether oxygens (including phenoxy) is 2. The number of nitrogens with one attached hydrogen (secondary N) is 1. The fraction of sp³-hybridized carbons (Fsp3) is 0.286. The molecule has 0 spiro atoms. The number of carbonyl (C=O) groups is 1. The quantitative estimate of drug-likeness (QED) is 0.372. The van der Waals surface area contributed by atoms with Crippen molar-refractivity contribution in [2.45, 2.75) is 46.8 Å². The first kappa shape index (κ1) is 22.0. The summed E-state index contributed by atoms with van der Waals surface area (Å²) < 4.78 is 13.4. The number of esters is 1. The molecule has 0 radical (unpaired) electrons. The van der Waals surface area contributed by atoms with Crippen LogP contribution in [0.1, 0.15) is 48.0 Å². The van der Waals surface area contributed by atoms with Crippen molar-refractivity contribution in [1.82, 2.24) is 9.55 Å². The van der Waals surface area contributed by atoms with Crippen LogP contribution in [-0.4, -0.2) is 22.1 Å². The SMILES string of the molecule is CCc1nc2cccc(C)c2n1-c1cccc(CNc2ccc3c(c2)OC[C@H]3OC(C)=O)c1C. The van der Waals surface area contributed by atoms with Crippen LogP contribution >= 0.6 is 0 Å². The summed E-state index contributed by atoms with van der Waals surface area (Å²) in [5.74, 6) is 1.52. The van der Waals surface area contributed by atoms with Gasteiger partial charge >= 0.3 is 5.97 Å². The van der Waals surface area contributed by atoms with E-state index in [0.717, 1.165) is 40.4 Å². The lowest BCUT2D eigenvalue weighted by molar-refractivity contribution is -0.147. The van der Waals surface area contributed by atoms with Crippen molar-refractivity contribution in [3.8, 4) is 11.4 Å². The molecule has 5 rings (SSSR count). The Kier molecular flexibility index (Phi) is 5.74. The van der Waals surface area contributed by atoms with Crippen LogP contribution in [0.3, 0.4) is 0 Å². The van der Waals surface area contributed by atoms with E-state index in [4.69, 9.17) is 14.5 Å². The highest BCUT2D eigenvalue weighted by Crippen LogP contribution is 2.37. The lowest BCUT2D eigenvalue weighted by atomic mass is 10.1. The third-order valence-electron chi connectivity index (χ3n) is 6.46. The minimum Gasteiger partial charge on any atom is -0.489 e. The first-order chi connectivity index (χ1) is 16.5. The minimum atomic E-state index is -0.332. The number of para-hydroxylation sites is 1. The van der Waals surface area contributed by atoms with Crippen LogP contribution in [-0.2, 0) is 22.5 Å². The van der Waals surface area contributed by atoms with Gasteiger partial charge < -0.3 is 14.8 Å². The Morgan fingerprint density at radius 3 is 2.79 bits per heavy atom. The average Bonchev–Trinajstić information content (AvgIpc) is 3.39. The molecule has 0 fully saturated rings. The van der Waals surface area contributed by atoms with E-state index in [1.807, 2.05) is 18.2 Å². The molecule has 34 heavy (non-hydrogen) atoms. The van der Waals surface area contributed by atoms with Gasteiger partial charge in [-0.1, -0.05) is 31.2 Å². The number of hydrogen-bond donors (Lipinski definition) is 1. The van der Waals surface area contributed by atoms with E-state index in [9.17, 15) is 4.79 Å². The summed E-state index contributed by atoms with van der Waals surface area (Å²) in [6.07, 6.45) is 0.529. The van der Waals surface area contributed by atoms with Crippen LogP contribution < -0.4 is 10.1 Å². The van der Waals surface area contributed by atoms with Gasteiger partial charge in [-0.15, -0.1) is 0 Å². The highest BCUT2D eigenvalue weighted by atomic mass is 16.6. The molecule has 0 saturated heterocycles. The Morgan fingerprint density at radius 1 is 1.18 bits per heavy atom. The summed E-state index contributed by atoms with van der Waals surface area (Å²) >= 11 is 0. The van der Waals surface area contributed by atoms with Crippen LogP contribution in [0, 0.1) is 13.8 Å². The van der Waals surface area contributed by atoms with Crippen molar-refractivity contribution in [2.75, 3.05) is 11.9 Å². The maximum Gasteiger partial charge on any atom is 0.303 e. The van der Waals surface area contributed by atoms with E-state index < -0.39 is 0 Å². The maximum absolute atomic E-state index is 11.3. The van der Waals surface area contributed by atoms with Gasteiger partial charge in [0.15, 0.2) is 6.10 Å². The normalized spacial score (nSPS) is 14.6. The molecule has 0 saturated carbocycles. The number of imidazole rings is 1. The van der Waals surface area contributed by atoms with Gasteiger partial charge in [0, 0.05) is 37.2 Å². The molecule has 0 bridgehead atoms. The van der Waals surface area contributed by atoms with Crippen molar-refractivity contribution in [3.63, 3.8) is 0 Å². The summed E-state index contributed by atoms with van der Waals surface area (Å²) in [5, 5.41) is 3.52. The van der Waals surface area contributed by atoms with Gasteiger partial charge in [-0.05, 0) is 54.8 Å². The molecule has 1 N–H and O–H groups in total. The standard InChI is InChI=1S/C28H29N3O3/c1-5-27-30-23-10-6-8-17(2)28(23)31(27)24-11-7-9-20(18(24)3)15-29-21-12-13-22-25(14-21)33-16-26(22)34-19(4)32/h6-14,26,29H,5,15-16H2,1-4H3/t26-/m1/s1. The molecule has 0 aliphatic carbocycles. The molecule has 0 amide bonds. The Bertz CT molecular complexity index is 1390. The molecule has 174 valence electrons. The molecule has 1 aliphatic rings. The summed E-state index contributed by atoms with van der Waals surface area (Å²) in [7, 11) is 0. The van der Waals surface area contributed by atoms with Gasteiger partial charge in [0.05, 0.1) is 16.7 Å². The van der Waals surface area contributed by atoms with E-state index in [2.05, 4.69) is 67.1 Å². The fourth-order valence-electron chi connectivity index (χ4n) is 4.73. The van der Waals surface area contributed by atoms with Crippen molar-refractivity contribution in [3.05, 3.63) is 82.7 Å². The van der Waals surface area contributed by atoms with E-state index in [-0.39, 0.29) is 12.1 Å². The van der Waals surface area contributed by atoms with Crippen LogP contribution in [0.5, 0.6) is 5.75 Å². The second kappa shape index (κ2) is 8.86. The molecule has 6 heteroatoms. The van der Waals surface area contributed by atoms with Crippen LogP contribution in [0.25, 0.3) is 16.7 Å². The van der Waals surface area contributed by atoms with E-state index in [1.165, 1.54) is 29.1 Å². The van der Waals surface area contributed by atoms with Gasteiger partial charge in [-0.3, -0.25) is 9.36 Å². The Balaban J connectivity index is 1.42. The first-order valence-corrected chi connectivity index (χ1v) is 11.7. The third-order valence-corrected chi connectivity index (χ3v) is 6.46. The highest BCUT2D eigenvalue weighted by molar-refractivity contribution is 5.82. The van der Waals surface area contributed by atoms with Gasteiger partial charge in [0.1, 0.15) is 18.2 Å². The average molecular weight is 456 g/mol. The van der Waals surface area contributed by atoms with Gasteiger partial charge in [-0.25, -0.2) is 4.98 Å². The topological polar surface area (TPSA) is 65.4 Å². The Morgan fingerprint density at radius 2 is 2.00 bits per heavy atom. The lowest BCUT2D eigenvalue weighted by Crippen LogP contribution is -2.09. The van der Waals surface area contributed by atoms with E-state index in [1.54, 1.807) is 0 Å². The van der Waals surface area contributed by atoms with Crippen molar-refractivity contribution in [2.24, 2.45) is 0 Å². The van der Waals surface area contributed by atoms with Crippen molar-refractivity contribution >= 4 is 22.7 Å². The zero-order valence-electron chi connectivity index (χ0n) is 20.0. The number of carbonyl (C=O) groups excluding carboxylic acids is 1. The number of nitrogens with zero attached hydrogens (tertiary/aromatic N) is 2. The molecule has 1 atom stereocenters. The summed E-state index contributed by atoms with van der Waals surface area (Å²) in [6.45, 7) is 8.92. The molecule has 3 aromatic carbocycles. The largest absolute Gasteiger partial charge is 0.489 e. The highest BCUT2D eigenvalue weighted by Gasteiger charge is 2.26. The number of hydrogen-bond acceptors (Lipinski definition) is 5. The molecule has 1 aliphatic heterocycles. The molecule has 1 aromatic heterocycles. The van der Waals surface area contributed by atoms with Gasteiger partial charge in [-0.2, -0.15) is 0 Å². The zero-order valence-corrected chi connectivity index (χ0v) is 20.0. The molecular formula is C28H29N3O3. The second-order valence-corrected chi connectivity index (χ2v) is 8.74. The second-order valence-electron chi connectivity index (χ2n) is 8.74. The van der Waals surface area contributed by atoms with Crippen LogP contribution in [0.4, 0.5) is 5.69 Å². The Labute approximate surface area is 199 Å². The predicted molar refractivity (Wildman–Crippen MR) is 134 cm³/mol. The number of rotatable bonds is 6. The van der Waals surface area contributed by atoms with Crippen molar-refractivity contribution in [1.29, 1.82) is 0 Å². The number of anilines is 1. The maximum atomic E-state index is 11.3. The van der Waals surface area contributed by atoms with Crippen LogP contribution in [0.15, 0.2) is 54.6 Å². The third kappa shape index (κ3) is 3.89. The molecule has 0 unspecified atom stereocenters. The summed E-state index contributed by atoms with van der Waals surface area (Å²) in [4.78, 5) is 16.2. The first-order valence-electron chi connectivity index (χ1n) is 11.7. The molecule has 2 heterocycles. The van der Waals surface area contributed by atoms with E-state index in [0.29, 0.717) is 13.2 Å². The smallest absolute Gasteiger partial charge is 0.303 e. The number of fused-ring (bicyclic) bond motifs is 2. The zero-order chi connectivity index (χ0) is 23.8. The minimum absolute atomic E-state index is 0.300. The molecule has 4 aromatic rings. The monoisotopic (exact) mass is 455 g/mol. The lowest BCUT2D eigenvalue weighted by Gasteiger charge is -2.17. The Hall–Kier alpha value is -3.80. The van der Waals surface area contributed by atoms with Crippen LogP contribution in [0.2, 0.25) is 0 Å². The molecule has 6 nitrogen and oxygen atoms in total. The summed E-state index contributed by atoms with van der Waals surface area (Å²) in [6, 6.07) is 18.7. The number of aryl methyl sites for hydroxylation is 2.